The van der Waals surface area contributed by atoms with E-state index < -0.39 is 23.2 Å². The first-order valence-corrected chi connectivity index (χ1v) is 13.2. The molecule has 0 amide bonds. The molecule has 0 saturated carbocycles. The van der Waals surface area contributed by atoms with Crippen molar-refractivity contribution in [3.05, 3.63) is 100 Å². The van der Waals surface area contributed by atoms with Crippen LogP contribution in [0.2, 0.25) is 0 Å². The molecule has 4 aromatic rings. The van der Waals surface area contributed by atoms with Gasteiger partial charge in [-0.2, -0.15) is 13.2 Å². The summed E-state index contributed by atoms with van der Waals surface area (Å²) in [5.74, 6) is 1.15. The second-order valence-corrected chi connectivity index (χ2v) is 10.2. The van der Waals surface area contributed by atoms with E-state index in [1.807, 2.05) is 30.3 Å². The second kappa shape index (κ2) is 11.4. The lowest BCUT2D eigenvalue weighted by atomic mass is 9.91. The highest BCUT2D eigenvalue weighted by Crippen LogP contribution is 2.44. The Kier molecular flexibility index (Phi) is 7.92. The number of hydrogen-bond acceptors (Lipinski definition) is 6. The van der Waals surface area contributed by atoms with Crippen LogP contribution in [0.5, 0.6) is 11.5 Å². The van der Waals surface area contributed by atoms with Crippen LogP contribution in [0.3, 0.4) is 0 Å². The Morgan fingerprint density at radius 1 is 1.00 bits per heavy atom. The van der Waals surface area contributed by atoms with Crippen LogP contribution in [-0.4, -0.2) is 58.5 Å². The Morgan fingerprint density at radius 2 is 1.66 bits per heavy atom. The zero-order valence-electron chi connectivity index (χ0n) is 22.4. The lowest BCUT2D eigenvalue weighted by Gasteiger charge is -2.39. The van der Waals surface area contributed by atoms with Gasteiger partial charge in [0, 0.05) is 55.5 Å². The molecule has 1 N–H and O–H groups in total. The molecule has 11 heteroatoms. The Labute approximate surface area is 234 Å². The number of halogens is 3. The van der Waals surface area contributed by atoms with E-state index in [4.69, 9.17) is 9.47 Å². The van der Waals surface area contributed by atoms with Crippen molar-refractivity contribution in [2.75, 3.05) is 26.7 Å². The van der Waals surface area contributed by atoms with E-state index in [0.717, 1.165) is 11.6 Å². The van der Waals surface area contributed by atoms with Gasteiger partial charge < -0.3 is 19.1 Å². The number of nitrogens with zero attached hydrogens (tertiary/aromatic N) is 3. The van der Waals surface area contributed by atoms with Crippen molar-refractivity contribution in [1.29, 1.82) is 0 Å². The van der Waals surface area contributed by atoms with Crippen molar-refractivity contribution in [1.82, 2.24) is 9.47 Å². The van der Waals surface area contributed by atoms with Gasteiger partial charge in [0.1, 0.15) is 6.10 Å². The van der Waals surface area contributed by atoms with Crippen molar-refractivity contribution in [3.8, 4) is 11.5 Å². The van der Waals surface area contributed by atoms with E-state index in [1.165, 1.54) is 30.0 Å². The minimum absolute atomic E-state index is 0.112. The van der Waals surface area contributed by atoms with E-state index in [2.05, 4.69) is 0 Å². The Balaban J connectivity index is 1.43. The number of methoxy groups -OCH3 is 1. The highest BCUT2D eigenvalue weighted by molar-refractivity contribution is 5.87. The van der Waals surface area contributed by atoms with Gasteiger partial charge in [0.2, 0.25) is 5.60 Å². The summed E-state index contributed by atoms with van der Waals surface area (Å²) >= 11 is 0. The number of alkyl halides is 3. The zero-order chi connectivity index (χ0) is 29.2. The van der Waals surface area contributed by atoms with Crippen molar-refractivity contribution >= 4 is 16.6 Å². The summed E-state index contributed by atoms with van der Waals surface area (Å²) in [5.41, 5.74) is -2.75. The molecule has 8 nitrogen and oxygen atoms in total. The number of non-ortho nitro benzene ring substituents is 1. The minimum Gasteiger partial charge on any atom is -0.493 e. The van der Waals surface area contributed by atoms with Crippen LogP contribution >= 0.6 is 0 Å². The number of benzene rings is 3. The minimum atomic E-state index is -5.01. The number of ether oxygens (including phenoxy) is 2. The van der Waals surface area contributed by atoms with Crippen LogP contribution in [0, 0.1) is 10.1 Å². The molecule has 216 valence electrons. The highest BCUT2D eigenvalue weighted by atomic mass is 19.4. The fraction of sp³-hybridized carbons (Fsp3) is 0.333. The average Bonchev–Trinajstić information content (AvgIpc) is 3.32. The van der Waals surface area contributed by atoms with E-state index in [-0.39, 0.29) is 47.9 Å². The van der Waals surface area contributed by atoms with Crippen molar-refractivity contribution in [2.24, 2.45) is 0 Å². The maximum Gasteiger partial charge on any atom is 0.422 e. The Hall–Kier alpha value is -4.09. The SMILES string of the molecule is COc1ccccc1OC1CCN(CC(O)(c2cn(Cc3ccccc3)c3cc([N+](=O)[O-])ccc23)C(F)(F)F)CC1. The third-order valence-corrected chi connectivity index (χ3v) is 7.54. The smallest absolute Gasteiger partial charge is 0.422 e. The molecule has 1 aliphatic rings. The van der Waals surface area contributed by atoms with Gasteiger partial charge in [0.15, 0.2) is 11.5 Å². The molecule has 1 fully saturated rings. The lowest BCUT2D eigenvalue weighted by Crippen LogP contribution is -2.53. The standard InChI is InChI=1S/C30H30F3N3O5/c1-40-27-9-5-6-10-28(27)41-23-13-15-34(16-14-23)20-29(37,30(31,32)33)25-19-35(18-21-7-3-2-4-8-21)26-17-22(36(38)39)11-12-24(25)26/h2-12,17,19,23,37H,13-16,18,20H2,1H3. The lowest BCUT2D eigenvalue weighted by molar-refractivity contribution is -0.384. The van der Waals surface area contributed by atoms with Gasteiger partial charge in [0.05, 0.1) is 17.5 Å². The highest BCUT2D eigenvalue weighted by Gasteiger charge is 2.57. The van der Waals surface area contributed by atoms with Crippen molar-refractivity contribution in [2.45, 2.75) is 37.3 Å². The van der Waals surface area contributed by atoms with Crippen LogP contribution in [0.25, 0.3) is 10.9 Å². The van der Waals surface area contributed by atoms with Crippen LogP contribution in [0.15, 0.2) is 79.0 Å². The summed E-state index contributed by atoms with van der Waals surface area (Å²) in [6.45, 7) is 0.0656. The summed E-state index contributed by atoms with van der Waals surface area (Å²) in [6, 6.07) is 20.0. The maximum absolute atomic E-state index is 14.7. The number of aliphatic hydroxyl groups is 1. The third-order valence-electron chi connectivity index (χ3n) is 7.54. The van der Waals surface area contributed by atoms with Gasteiger partial charge in [-0.1, -0.05) is 42.5 Å². The number of β-amino-alcohol motifs (C(OH)–C–C–N with tert-alkyl or cyclic N) is 1. The van der Waals surface area contributed by atoms with E-state index in [9.17, 15) is 28.4 Å². The molecule has 41 heavy (non-hydrogen) atoms. The summed E-state index contributed by atoms with van der Waals surface area (Å²) in [7, 11) is 1.54. The molecule has 1 saturated heterocycles. The van der Waals surface area contributed by atoms with Gasteiger partial charge in [-0.25, -0.2) is 0 Å². The van der Waals surface area contributed by atoms with Crippen LogP contribution in [0.4, 0.5) is 18.9 Å². The zero-order valence-corrected chi connectivity index (χ0v) is 22.4. The number of aromatic nitrogens is 1. The second-order valence-electron chi connectivity index (χ2n) is 10.2. The van der Waals surface area contributed by atoms with Crippen LogP contribution in [-0.2, 0) is 12.1 Å². The maximum atomic E-state index is 14.7. The Morgan fingerprint density at radius 3 is 2.29 bits per heavy atom. The molecular weight excluding hydrogens is 539 g/mol. The first kappa shape index (κ1) is 28.4. The molecule has 3 aromatic carbocycles. The number of nitro benzene ring substituents is 1. The van der Waals surface area contributed by atoms with E-state index in [1.54, 1.807) is 29.2 Å². The number of para-hydroxylation sites is 2. The Bertz CT molecular complexity index is 1520. The number of rotatable bonds is 9. The topological polar surface area (TPSA) is 90.0 Å². The number of fused-ring (bicyclic) bond motifs is 1. The van der Waals surface area contributed by atoms with Gasteiger partial charge in [0.25, 0.3) is 5.69 Å². The van der Waals surface area contributed by atoms with Crippen molar-refractivity contribution < 1.29 is 32.7 Å². The van der Waals surface area contributed by atoms with E-state index in [0.29, 0.717) is 24.3 Å². The average molecular weight is 570 g/mol. The number of hydrogen-bond donors (Lipinski definition) is 1. The quantitative estimate of drug-likeness (QED) is 0.199. The molecule has 0 bridgehead atoms. The first-order valence-electron chi connectivity index (χ1n) is 13.2. The molecule has 1 aromatic heterocycles. The summed E-state index contributed by atoms with van der Waals surface area (Å²) in [4.78, 5) is 12.5. The van der Waals surface area contributed by atoms with Gasteiger partial charge >= 0.3 is 6.18 Å². The number of nitro groups is 1. The molecular formula is C30H30F3N3O5. The number of likely N-dealkylation sites (tertiary alicyclic amines) is 1. The predicted molar refractivity (Wildman–Crippen MR) is 147 cm³/mol. The van der Waals surface area contributed by atoms with Crippen LogP contribution < -0.4 is 9.47 Å². The molecule has 0 spiro atoms. The summed E-state index contributed by atoms with van der Waals surface area (Å²) in [6.07, 6.45) is -3.02. The number of piperidine rings is 1. The molecule has 1 aliphatic heterocycles. The molecule has 0 radical (unpaired) electrons. The predicted octanol–water partition coefficient (Wildman–Crippen LogP) is 5.90. The first-order chi connectivity index (χ1) is 19.6. The van der Waals surface area contributed by atoms with Gasteiger partial charge in [-0.15, -0.1) is 0 Å². The van der Waals surface area contributed by atoms with Gasteiger partial charge in [-0.3, -0.25) is 15.0 Å². The molecule has 1 unspecified atom stereocenters. The monoisotopic (exact) mass is 569 g/mol. The summed E-state index contributed by atoms with van der Waals surface area (Å²) < 4.78 is 57.1. The third kappa shape index (κ3) is 5.86. The molecule has 1 atom stereocenters. The summed E-state index contributed by atoms with van der Waals surface area (Å²) in [5, 5.41) is 23.0. The van der Waals surface area contributed by atoms with Crippen molar-refractivity contribution in [3.63, 3.8) is 0 Å². The fourth-order valence-electron chi connectivity index (χ4n) is 5.37. The molecule has 2 heterocycles. The largest absolute Gasteiger partial charge is 0.493 e. The van der Waals surface area contributed by atoms with Crippen LogP contribution in [0.1, 0.15) is 24.0 Å². The normalized spacial score (nSPS) is 16.4. The van der Waals surface area contributed by atoms with E-state index >= 15 is 0 Å². The van der Waals surface area contributed by atoms with Gasteiger partial charge in [-0.05, 0) is 36.6 Å². The molecule has 0 aliphatic carbocycles. The molecule has 5 rings (SSSR count). The fourth-order valence-corrected chi connectivity index (χ4v) is 5.37.